The van der Waals surface area contributed by atoms with Gasteiger partial charge in [-0.15, -0.1) is 11.3 Å². The van der Waals surface area contributed by atoms with E-state index in [-0.39, 0.29) is 5.91 Å². The van der Waals surface area contributed by atoms with Crippen molar-refractivity contribution in [2.24, 2.45) is 0 Å². The van der Waals surface area contributed by atoms with Crippen LogP contribution in [0.4, 0.5) is 0 Å². The van der Waals surface area contributed by atoms with Gasteiger partial charge in [-0.2, -0.15) is 0 Å². The van der Waals surface area contributed by atoms with Crippen molar-refractivity contribution in [3.8, 4) is 0 Å². The van der Waals surface area contributed by atoms with Gasteiger partial charge in [0, 0.05) is 11.4 Å². The Labute approximate surface area is 76.6 Å². The molecule has 66 valence electrons. The van der Waals surface area contributed by atoms with Crippen molar-refractivity contribution in [2.45, 2.75) is 20.3 Å². The molecule has 1 N–H and O–H groups in total. The molecular weight excluding hydrogens is 170 g/mol. The number of hydrogen-bond donors (Lipinski definition) is 1. The maximum atomic E-state index is 11.3. The molecule has 0 radical (unpaired) electrons. The minimum atomic E-state index is 0.0437. The summed E-state index contributed by atoms with van der Waals surface area (Å²) in [4.78, 5) is 13.3. The molecule has 1 aromatic heterocycles. The molecule has 1 heterocycles. The topological polar surface area (TPSA) is 29.1 Å². The molecule has 0 aliphatic rings. The van der Waals surface area contributed by atoms with Crippen LogP contribution in [0.1, 0.15) is 28.4 Å². The summed E-state index contributed by atoms with van der Waals surface area (Å²) in [6, 6.07) is 3.89. The van der Waals surface area contributed by atoms with Crippen LogP contribution >= 0.6 is 11.3 Å². The predicted octanol–water partition coefficient (Wildman–Crippen LogP) is 2.06. The second kappa shape index (κ2) is 4.26. The van der Waals surface area contributed by atoms with Crippen LogP contribution in [0.25, 0.3) is 0 Å². The van der Waals surface area contributed by atoms with Crippen LogP contribution in [-0.4, -0.2) is 12.5 Å². The molecule has 0 unspecified atom stereocenters. The molecule has 0 saturated heterocycles. The molecule has 1 amide bonds. The molecule has 1 aromatic rings. The van der Waals surface area contributed by atoms with Crippen LogP contribution in [0.15, 0.2) is 12.1 Å². The number of rotatable bonds is 3. The van der Waals surface area contributed by atoms with Gasteiger partial charge in [0.05, 0.1) is 4.88 Å². The van der Waals surface area contributed by atoms with E-state index in [4.69, 9.17) is 0 Å². The Morgan fingerprint density at radius 2 is 2.25 bits per heavy atom. The smallest absolute Gasteiger partial charge is 0.261 e. The Kier molecular flexibility index (Phi) is 3.29. The van der Waals surface area contributed by atoms with Crippen molar-refractivity contribution in [2.75, 3.05) is 6.54 Å². The molecule has 0 aromatic carbocycles. The SMILES string of the molecule is CCNC(=O)c1ccc(CC)s1. The third-order valence-corrected chi connectivity index (χ3v) is 2.80. The number of nitrogens with one attached hydrogen (secondary N) is 1. The van der Waals surface area contributed by atoms with Gasteiger partial charge in [-0.25, -0.2) is 0 Å². The van der Waals surface area contributed by atoms with Gasteiger partial charge in [0.15, 0.2) is 0 Å². The monoisotopic (exact) mass is 183 g/mol. The Morgan fingerprint density at radius 3 is 2.75 bits per heavy atom. The fourth-order valence-electron chi connectivity index (χ4n) is 0.938. The zero-order valence-corrected chi connectivity index (χ0v) is 8.20. The zero-order valence-electron chi connectivity index (χ0n) is 7.39. The summed E-state index contributed by atoms with van der Waals surface area (Å²) in [5, 5.41) is 2.77. The van der Waals surface area contributed by atoms with Gasteiger partial charge in [-0.1, -0.05) is 6.92 Å². The summed E-state index contributed by atoms with van der Waals surface area (Å²) in [7, 11) is 0. The number of carbonyl (C=O) groups is 1. The number of carbonyl (C=O) groups excluding carboxylic acids is 1. The first-order valence-corrected chi connectivity index (χ1v) is 4.96. The van der Waals surface area contributed by atoms with Crippen LogP contribution in [-0.2, 0) is 6.42 Å². The molecule has 0 aliphatic carbocycles. The van der Waals surface area contributed by atoms with Crippen molar-refractivity contribution in [3.63, 3.8) is 0 Å². The lowest BCUT2D eigenvalue weighted by Gasteiger charge is -1.96. The molecule has 1 rings (SSSR count). The summed E-state index contributed by atoms with van der Waals surface area (Å²) >= 11 is 1.57. The number of hydrogen-bond acceptors (Lipinski definition) is 2. The largest absolute Gasteiger partial charge is 0.352 e. The first-order valence-electron chi connectivity index (χ1n) is 4.14. The van der Waals surface area contributed by atoms with Crippen molar-refractivity contribution >= 4 is 17.2 Å². The fraction of sp³-hybridized carbons (Fsp3) is 0.444. The molecule has 0 aliphatic heterocycles. The van der Waals surface area contributed by atoms with Crippen LogP contribution in [0.2, 0.25) is 0 Å². The molecule has 12 heavy (non-hydrogen) atoms. The average Bonchev–Trinajstić information content (AvgIpc) is 2.52. The van der Waals surface area contributed by atoms with Crippen LogP contribution in [0.3, 0.4) is 0 Å². The minimum Gasteiger partial charge on any atom is -0.352 e. The lowest BCUT2D eigenvalue weighted by Crippen LogP contribution is -2.21. The maximum Gasteiger partial charge on any atom is 0.261 e. The Morgan fingerprint density at radius 1 is 1.50 bits per heavy atom. The summed E-state index contributed by atoms with van der Waals surface area (Å²) in [6.45, 7) is 4.71. The van der Waals surface area contributed by atoms with E-state index in [1.54, 1.807) is 11.3 Å². The van der Waals surface area contributed by atoms with Crippen LogP contribution < -0.4 is 5.32 Å². The van der Waals surface area contributed by atoms with E-state index in [9.17, 15) is 4.79 Å². The summed E-state index contributed by atoms with van der Waals surface area (Å²) < 4.78 is 0. The highest BCUT2D eigenvalue weighted by Crippen LogP contribution is 2.16. The van der Waals surface area contributed by atoms with Gasteiger partial charge in [-0.05, 0) is 25.5 Å². The van der Waals surface area contributed by atoms with Crippen molar-refractivity contribution in [1.82, 2.24) is 5.32 Å². The lowest BCUT2D eigenvalue weighted by atomic mass is 10.3. The third kappa shape index (κ3) is 2.08. The molecule has 3 heteroatoms. The summed E-state index contributed by atoms with van der Waals surface area (Å²) in [5.41, 5.74) is 0. The second-order valence-corrected chi connectivity index (χ2v) is 3.65. The highest BCUT2D eigenvalue weighted by Gasteiger charge is 2.06. The maximum absolute atomic E-state index is 11.3. The van der Waals surface area contributed by atoms with Crippen molar-refractivity contribution < 1.29 is 4.79 Å². The molecule has 0 spiro atoms. The molecule has 2 nitrogen and oxygen atoms in total. The minimum absolute atomic E-state index is 0.0437. The van der Waals surface area contributed by atoms with Crippen LogP contribution in [0, 0.1) is 0 Å². The lowest BCUT2D eigenvalue weighted by molar-refractivity contribution is 0.0960. The number of aryl methyl sites for hydroxylation is 1. The van der Waals surface area contributed by atoms with Gasteiger partial charge in [0.25, 0.3) is 5.91 Å². The van der Waals surface area contributed by atoms with Gasteiger partial charge in [-0.3, -0.25) is 4.79 Å². The molecule has 0 bridgehead atoms. The van der Waals surface area contributed by atoms with E-state index >= 15 is 0 Å². The normalized spacial score (nSPS) is 9.83. The quantitative estimate of drug-likeness (QED) is 0.763. The Hall–Kier alpha value is -0.830. The summed E-state index contributed by atoms with van der Waals surface area (Å²) in [5.74, 6) is 0.0437. The first-order chi connectivity index (χ1) is 5.77. The average molecular weight is 183 g/mol. The van der Waals surface area contributed by atoms with Crippen molar-refractivity contribution in [3.05, 3.63) is 21.9 Å². The fourth-order valence-corrected chi connectivity index (χ4v) is 1.80. The summed E-state index contributed by atoms with van der Waals surface area (Å²) in [6.07, 6.45) is 1.00. The predicted molar refractivity (Wildman–Crippen MR) is 51.7 cm³/mol. The number of amides is 1. The first kappa shape index (κ1) is 9.26. The molecule has 0 fully saturated rings. The van der Waals surface area contributed by atoms with Gasteiger partial charge in [0.2, 0.25) is 0 Å². The Bertz CT molecular complexity index is 267. The standard InChI is InChI=1S/C9H13NOS/c1-3-7-5-6-8(12-7)9(11)10-4-2/h5-6H,3-4H2,1-2H3,(H,10,11). The third-order valence-electron chi connectivity index (χ3n) is 1.57. The van der Waals surface area contributed by atoms with E-state index in [0.29, 0.717) is 6.54 Å². The molecule has 0 atom stereocenters. The van der Waals surface area contributed by atoms with E-state index in [2.05, 4.69) is 12.2 Å². The molecule has 0 saturated carbocycles. The van der Waals surface area contributed by atoms with Crippen molar-refractivity contribution in [1.29, 1.82) is 0 Å². The van der Waals surface area contributed by atoms with E-state index < -0.39 is 0 Å². The molecular formula is C9H13NOS. The second-order valence-electron chi connectivity index (χ2n) is 2.48. The van der Waals surface area contributed by atoms with Crippen LogP contribution in [0.5, 0.6) is 0 Å². The van der Waals surface area contributed by atoms with E-state index in [1.807, 2.05) is 19.1 Å². The van der Waals surface area contributed by atoms with E-state index in [1.165, 1.54) is 4.88 Å². The highest BCUT2D eigenvalue weighted by molar-refractivity contribution is 7.14. The van der Waals surface area contributed by atoms with E-state index in [0.717, 1.165) is 11.3 Å². The van der Waals surface area contributed by atoms with Gasteiger partial charge in [0.1, 0.15) is 0 Å². The van der Waals surface area contributed by atoms with Gasteiger partial charge >= 0.3 is 0 Å². The number of thiophene rings is 1. The highest BCUT2D eigenvalue weighted by atomic mass is 32.1. The Balaban J connectivity index is 2.68. The van der Waals surface area contributed by atoms with Gasteiger partial charge < -0.3 is 5.32 Å². The zero-order chi connectivity index (χ0) is 8.97.